The SMILES string of the molecule is Cc1cc(Cl)nc(N2CCC[C@H]2C(N)=O)n1. The summed E-state index contributed by atoms with van der Waals surface area (Å²) in [6.45, 7) is 2.58. The lowest BCUT2D eigenvalue weighted by Crippen LogP contribution is -2.41. The van der Waals surface area contributed by atoms with E-state index in [0.29, 0.717) is 11.1 Å². The highest BCUT2D eigenvalue weighted by Crippen LogP contribution is 2.23. The van der Waals surface area contributed by atoms with Gasteiger partial charge in [0.25, 0.3) is 0 Å². The number of rotatable bonds is 2. The van der Waals surface area contributed by atoms with Gasteiger partial charge < -0.3 is 10.6 Å². The van der Waals surface area contributed by atoms with Crippen LogP contribution in [0.2, 0.25) is 5.15 Å². The van der Waals surface area contributed by atoms with Crippen LogP contribution < -0.4 is 10.6 Å². The average Bonchev–Trinajstić information content (AvgIpc) is 2.63. The number of carbonyl (C=O) groups excluding carboxylic acids is 1. The van der Waals surface area contributed by atoms with E-state index in [9.17, 15) is 4.79 Å². The Morgan fingerprint density at radius 3 is 3.00 bits per heavy atom. The first kappa shape index (κ1) is 11.1. The molecule has 86 valence electrons. The van der Waals surface area contributed by atoms with Crippen molar-refractivity contribution in [3.05, 3.63) is 16.9 Å². The summed E-state index contributed by atoms with van der Waals surface area (Å²) in [5, 5.41) is 0.387. The van der Waals surface area contributed by atoms with Gasteiger partial charge in [0.15, 0.2) is 0 Å². The number of anilines is 1. The second-order valence-electron chi connectivity index (χ2n) is 3.89. The van der Waals surface area contributed by atoms with Crippen molar-refractivity contribution >= 4 is 23.5 Å². The van der Waals surface area contributed by atoms with Gasteiger partial charge in [0, 0.05) is 12.2 Å². The van der Waals surface area contributed by atoms with Crippen LogP contribution >= 0.6 is 11.6 Å². The van der Waals surface area contributed by atoms with E-state index in [1.807, 2.05) is 11.8 Å². The molecule has 1 aromatic rings. The molecule has 1 aliphatic heterocycles. The molecule has 0 aliphatic carbocycles. The molecule has 2 rings (SSSR count). The Morgan fingerprint density at radius 2 is 2.38 bits per heavy atom. The average molecular weight is 241 g/mol. The summed E-state index contributed by atoms with van der Waals surface area (Å²) >= 11 is 5.86. The van der Waals surface area contributed by atoms with Crippen molar-refractivity contribution in [3.63, 3.8) is 0 Å². The molecule has 1 aromatic heterocycles. The van der Waals surface area contributed by atoms with E-state index in [0.717, 1.165) is 25.1 Å². The Hall–Kier alpha value is -1.36. The van der Waals surface area contributed by atoms with Crippen molar-refractivity contribution < 1.29 is 4.79 Å². The minimum absolute atomic E-state index is 0.308. The Kier molecular flexibility index (Phi) is 2.96. The van der Waals surface area contributed by atoms with Crippen LogP contribution in [-0.4, -0.2) is 28.5 Å². The standard InChI is InChI=1S/C10H13ClN4O/c1-6-5-8(11)14-10(13-6)15-4-2-3-7(15)9(12)16/h5,7H,2-4H2,1H3,(H2,12,16)/t7-/m0/s1. The number of aromatic nitrogens is 2. The molecule has 0 radical (unpaired) electrons. The first-order valence-corrected chi connectivity index (χ1v) is 5.53. The summed E-state index contributed by atoms with van der Waals surface area (Å²) in [6.07, 6.45) is 1.67. The Morgan fingerprint density at radius 1 is 1.62 bits per heavy atom. The molecule has 1 saturated heterocycles. The van der Waals surface area contributed by atoms with E-state index in [1.165, 1.54) is 0 Å². The van der Waals surface area contributed by atoms with E-state index >= 15 is 0 Å². The van der Waals surface area contributed by atoms with Crippen molar-refractivity contribution in [2.24, 2.45) is 5.73 Å². The number of primary amides is 1. The number of nitrogens with two attached hydrogens (primary N) is 1. The minimum Gasteiger partial charge on any atom is -0.368 e. The molecular weight excluding hydrogens is 228 g/mol. The fourth-order valence-electron chi connectivity index (χ4n) is 1.95. The van der Waals surface area contributed by atoms with Gasteiger partial charge >= 0.3 is 0 Å². The van der Waals surface area contributed by atoms with E-state index in [-0.39, 0.29) is 11.9 Å². The Bertz CT molecular complexity index is 403. The van der Waals surface area contributed by atoms with Crippen LogP contribution in [0, 0.1) is 6.92 Å². The first-order chi connectivity index (χ1) is 7.58. The predicted molar refractivity (Wildman–Crippen MR) is 61.3 cm³/mol. The second kappa shape index (κ2) is 4.25. The number of nitrogens with zero attached hydrogens (tertiary/aromatic N) is 3. The fraction of sp³-hybridized carbons (Fsp3) is 0.500. The monoisotopic (exact) mass is 240 g/mol. The molecule has 2 N–H and O–H groups in total. The number of amides is 1. The van der Waals surface area contributed by atoms with Gasteiger partial charge in [0.1, 0.15) is 11.2 Å². The smallest absolute Gasteiger partial charge is 0.240 e. The van der Waals surface area contributed by atoms with Crippen LogP contribution in [0.15, 0.2) is 6.07 Å². The third-order valence-electron chi connectivity index (χ3n) is 2.65. The third kappa shape index (κ3) is 2.09. The first-order valence-electron chi connectivity index (χ1n) is 5.15. The molecule has 1 atom stereocenters. The van der Waals surface area contributed by atoms with Gasteiger partial charge in [0.05, 0.1) is 0 Å². The van der Waals surface area contributed by atoms with E-state index in [1.54, 1.807) is 6.07 Å². The lowest BCUT2D eigenvalue weighted by atomic mass is 10.2. The van der Waals surface area contributed by atoms with Crippen molar-refractivity contribution in [1.29, 1.82) is 0 Å². The van der Waals surface area contributed by atoms with Crippen LogP contribution in [0.25, 0.3) is 0 Å². The zero-order valence-corrected chi connectivity index (χ0v) is 9.74. The van der Waals surface area contributed by atoms with Crippen LogP contribution in [0.5, 0.6) is 0 Å². The van der Waals surface area contributed by atoms with E-state index < -0.39 is 0 Å². The van der Waals surface area contributed by atoms with Gasteiger partial charge in [-0.2, -0.15) is 0 Å². The summed E-state index contributed by atoms with van der Waals surface area (Å²) in [7, 11) is 0. The molecule has 2 heterocycles. The molecule has 0 saturated carbocycles. The highest BCUT2D eigenvalue weighted by atomic mass is 35.5. The Labute approximate surface area is 98.6 Å². The molecule has 5 nitrogen and oxygen atoms in total. The number of hydrogen-bond acceptors (Lipinski definition) is 4. The van der Waals surface area contributed by atoms with E-state index in [4.69, 9.17) is 17.3 Å². The van der Waals surface area contributed by atoms with Gasteiger partial charge in [-0.25, -0.2) is 9.97 Å². The van der Waals surface area contributed by atoms with Crippen LogP contribution in [0.4, 0.5) is 5.95 Å². The maximum Gasteiger partial charge on any atom is 0.240 e. The molecule has 1 amide bonds. The van der Waals surface area contributed by atoms with Crippen molar-refractivity contribution in [2.75, 3.05) is 11.4 Å². The largest absolute Gasteiger partial charge is 0.368 e. The molecule has 1 aliphatic rings. The molecule has 0 bridgehead atoms. The third-order valence-corrected chi connectivity index (χ3v) is 2.84. The van der Waals surface area contributed by atoms with Crippen molar-refractivity contribution in [2.45, 2.75) is 25.8 Å². The maximum absolute atomic E-state index is 11.2. The van der Waals surface area contributed by atoms with Gasteiger partial charge in [-0.3, -0.25) is 4.79 Å². The molecule has 6 heteroatoms. The zero-order chi connectivity index (χ0) is 11.7. The highest BCUT2D eigenvalue weighted by molar-refractivity contribution is 6.29. The van der Waals surface area contributed by atoms with Gasteiger partial charge in [-0.05, 0) is 25.8 Å². The quantitative estimate of drug-likeness (QED) is 0.780. The lowest BCUT2D eigenvalue weighted by Gasteiger charge is -2.22. The topological polar surface area (TPSA) is 72.1 Å². The summed E-state index contributed by atoms with van der Waals surface area (Å²) in [5.74, 6) is 0.157. The van der Waals surface area contributed by atoms with E-state index in [2.05, 4.69) is 9.97 Å². The summed E-state index contributed by atoms with van der Waals surface area (Å²) < 4.78 is 0. The second-order valence-corrected chi connectivity index (χ2v) is 4.27. The normalized spacial score (nSPS) is 20.1. The van der Waals surface area contributed by atoms with Crippen molar-refractivity contribution in [1.82, 2.24) is 9.97 Å². The van der Waals surface area contributed by atoms with Crippen molar-refractivity contribution in [3.8, 4) is 0 Å². The summed E-state index contributed by atoms with van der Waals surface area (Å²) in [4.78, 5) is 21.5. The molecule has 0 spiro atoms. The zero-order valence-electron chi connectivity index (χ0n) is 8.98. The molecule has 1 fully saturated rings. The predicted octanol–water partition coefficient (Wildman–Crippen LogP) is 0.893. The number of halogens is 1. The number of hydrogen-bond donors (Lipinski definition) is 1. The maximum atomic E-state index is 11.2. The van der Waals surface area contributed by atoms with Gasteiger partial charge in [0.2, 0.25) is 11.9 Å². The van der Waals surface area contributed by atoms with Crippen LogP contribution in [-0.2, 0) is 4.79 Å². The molecule has 0 unspecified atom stereocenters. The fourth-order valence-corrected chi connectivity index (χ4v) is 2.18. The molecule has 16 heavy (non-hydrogen) atoms. The summed E-state index contributed by atoms with van der Waals surface area (Å²) in [6, 6.07) is 1.37. The number of carbonyl (C=O) groups is 1. The van der Waals surface area contributed by atoms with Gasteiger partial charge in [-0.1, -0.05) is 11.6 Å². The highest BCUT2D eigenvalue weighted by Gasteiger charge is 2.31. The number of aryl methyl sites for hydroxylation is 1. The summed E-state index contributed by atoms with van der Waals surface area (Å²) in [5.41, 5.74) is 6.11. The Balaban J connectivity index is 2.32. The molecule has 0 aromatic carbocycles. The lowest BCUT2D eigenvalue weighted by molar-refractivity contribution is -0.119. The van der Waals surface area contributed by atoms with Crippen LogP contribution in [0.3, 0.4) is 0 Å². The minimum atomic E-state index is -0.335. The van der Waals surface area contributed by atoms with Crippen LogP contribution in [0.1, 0.15) is 18.5 Å². The molecular formula is C10H13ClN4O. The van der Waals surface area contributed by atoms with Gasteiger partial charge in [-0.15, -0.1) is 0 Å².